The molecule has 2 aromatic rings. The first-order valence-corrected chi connectivity index (χ1v) is 15.3. The molecule has 5 atom stereocenters. The standard InChI is InChI=1S/C33H41F3N2O10/c34-33(35,36)24-10-7-11-26(16-24)46-21-25(39)14-15-28-27(29(40)17-30(28)41)12-3-1-2-4-13-31(42)37-18-32(43)47-19-22-8-5-6-9-23(22)20-48-38(44)45/h1,3,5-11,14-16,25,27-30,39-41,44-45H,2,4,12-13,17-21H2,(H,37,42)/b3-1-,15-14+/t25-,27-,28-,29+,30-/m1/s1. The van der Waals surface area contributed by atoms with Crippen molar-refractivity contribution in [3.8, 4) is 5.75 Å². The predicted octanol–water partition coefficient (Wildman–Crippen LogP) is 3.85. The minimum atomic E-state index is -4.52. The molecule has 0 aromatic heterocycles. The number of benzene rings is 2. The molecule has 0 bridgehead atoms. The van der Waals surface area contributed by atoms with Crippen LogP contribution in [0.4, 0.5) is 13.2 Å². The molecule has 0 heterocycles. The minimum Gasteiger partial charge on any atom is -0.491 e. The molecule has 1 aliphatic rings. The van der Waals surface area contributed by atoms with Crippen LogP contribution in [0, 0.1) is 11.8 Å². The largest absolute Gasteiger partial charge is 0.491 e. The highest BCUT2D eigenvalue weighted by atomic mass is 19.4. The van der Waals surface area contributed by atoms with Crippen LogP contribution < -0.4 is 10.1 Å². The number of hydrogen-bond acceptors (Lipinski definition) is 11. The van der Waals surface area contributed by atoms with Crippen LogP contribution in [0.3, 0.4) is 0 Å². The van der Waals surface area contributed by atoms with Crippen LogP contribution in [0.2, 0.25) is 0 Å². The van der Waals surface area contributed by atoms with Gasteiger partial charge >= 0.3 is 12.1 Å². The lowest BCUT2D eigenvalue weighted by molar-refractivity contribution is -0.497. The summed E-state index contributed by atoms with van der Waals surface area (Å²) in [6.07, 6.45) is 1.16. The summed E-state index contributed by atoms with van der Waals surface area (Å²) >= 11 is 0. The molecule has 12 nitrogen and oxygen atoms in total. The molecule has 264 valence electrons. The van der Waals surface area contributed by atoms with Crippen molar-refractivity contribution >= 4 is 11.9 Å². The molecule has 0 saturated heterocycles. The van der Waals surface area contributed by atoms with E-state index in [1.54, 1.807) is 30.3 Å². The van der Waals surface area contributed by atoms with E-state index in [1.165, 1.54) is 18.2 Å². The van der Waals surface area contributed by atoms with Crippen molar-refractivity contribution in [3.05, 3.63) is 89.5 Å². The molecule has 15 heteroatoms. The number of halogens is 3. The highest BCUT2D eigenvalue weighted by molar-refractivity contribution is 5.81. The number of hydrogen-bond donors (Lipinski definition) is 6. The molecular formula is C33H41F3N2O10. The van der Waals surface area contributed by atoms with E-state index in [9.17, 15) is 38.1 Å². The van der Waals surface area contributed by atoms with Crippen LogP contribution in [-0.4, -0.2) is 74.5 Å². The Kier molecular flexibility index (Phi) is 15.5. The Balaban J connectivity index is 1.34. The first kappa shape index (κ1) is 38.6. The van der Waals surface area contributed by atoms with Crippen molar-refractivity contribution in [2.24, 2.45) is 11.8 Å². The normalized spacial score (nSPS) is 20.4. The molecule has 0 unspecified atom stereocenters. The Morgan fingerprint density at radius 3 is 2.46 bits per heavy atom. The number of carbonyl (C=O) groups excluding carboxylic acids is 2. The number of alkyl halides is 3. The fourth-order valence-electron chi connectivity index (χ4n) is 5.15. The van der Waals surface area contributed by atoms with Crippen molar-refractivity contribution in [1.82, 2.24) is 10.7 Å². The second kappa shape index (κ2) is 19.2. The summed E-state index contributed by atoms with van der Waals surface area (Å²) in [5.41, 5.74) is 0.294. The van der Waals surface area contributed by atoms with Crippen LogP contribution in [0.25, 0.3) is 0 Å². The van der Waals surface area contributed by atoms with Crippen molar-refractivity contribution < 1.29 is 62.8 Å². The number of nitrogens with one attached hydrogen (secondary N) is 1. The molecule has 0 spiro atoms. The zero-order valence-electron chi connectivity index (χ0n) is 26.0. The van der Waals surface area contributed by atoms with Crippen molar-refractivity contribution in [2.45, 2.75) is 69.8 Å². The number of unbranched alkanes of at least 4 members (excludes halogenated alkanes) is 1. The van der Waals surface area contributed by atoms with E-state index in [4.69, 9.17) is 19.9 Å². The average Bonchev–Trinajstić information content (AvgIpc) is 3.32. The lowest BCUT2D eigenvalue weighted by atomic mass is 9.89. The van der Waals surface area contributed by atoms with Gasteiger partial charge in [-0.1, -0.05) is 54.6 Å². The van der Waals surface area contributed by atoms with Crippen LogP contribution in [-0.2, 0) is 38.6 Å². The van der Waals surface area contributed by atoms with Gasteiger partial charge < -0.3 is 30.1 Å². The summed E-state index contributed by atoms with van der Waals surface area (Å²) in [7, 11) is 0. The van der Waals surface area contributed by atoms with Gasteiger partial charge in [-0.25, -0.2) is 4.84 Å². The summed E-state index contributed by atoms with van der Waals surface area (Å²) in [6, 6.07) is 11.1. The number of carbonyl (C=O) groups is 2. The molecule has 1 amide bonds. The third kappa shape index (κ3) is 13.4. The Bertz CT molecular complexity index is 1370. The Labute approximate surface area is 275 Å². The average molecular weight is 683 g/mol. The monoisotopic (exact) mass is 682 g/mol. The third-order valence-corrected chi connectivity index (χ3v) is 7.68. The second-order valence-corrected chi connectivity index (χ2v) is 11.2. The van der Waals surface area contributed by atoms with Gasteiger partial charge in [0.05, 0.1) is 29.8 Å². The molecular weight excluding hydrogens is 641 g/mol. The van der Waals surface area contributed by atoms with Gasteiger partial charge in [-0.3, -0.25) is 20.0 Å². The fourth-order valence-corrected chi connectivity index (χ4v) is 5.15. The van der Waals surface area contributed by atoms with Crippen molar-refractivity contribution in [3.63, 3.8) is 0 Å². The van der Waals surface area contributed by atoms with Gasteiger partial charge in [0.25, 0.3) is 0 Å². The van der Waals surface area contributed by atoms with E-state index < -0.39 is 47.3 Å². The molecule has 1 fully saturated rings. The van der Waals surface area contributed by atoms with Crippen molar-refractivity contribution in [1.29, 1.82) is 0 Å². The number of nitrogens with zero attached hydrogens (tertiary/aromatic N) is 1. The lowest BCUT2D eigenvalue weighted by Gasteiger charge is -2.19. The van der Waals surface area contributed by atoms with Gasteiger partial charge in [-0.05, 0) is 54.5 Å². The van der Waals surface area contributed by atoms with Crippen LogP contribution in [0.15, 0.2) is 72.8 Å². The zero-order valence-corrected chi connectivity index (χ0v) is 26.0. The maximum Gasteiger partial charge on any atom is 0.416 e. The number of esters is 1. The quantitative estimate of drug-likeness (QED) is 0.0583. The van der Waals surface area contributed by atoms with Crippen LogP contribution >= 0.6 is 0 Å². The van der Waals surface area contributed by atoms with E-state index in [2.05, 4.69) is 10.2 Å². The van der Waals surface area contributed by atoms with Crippen LogP contribution in [0.1, 0.15) is 48.8 Å². The molecule has 48 heavy (non-hydrogen) atoms. The highest BCUT2D eigenvalue weighted by Gasteiger charge is 2.39. The topological polar surface area (TPSA) is 178 Å². The molecule has 3 rings (SSSR count). The summed E-state index contributed by atoms with van der Waals surface area (Å²) in [4.78, 5) is 28.8. The summed E-state index contributed by atoms with van der Waals surface area (Å²) in [5, 5.41) is 50.6. The molecule has 0 aliphatic heterocycles. The minimum absolute atomic E-state index is 0.0429. The van der Waals surface area contributed by atoms with Gasteiger partial charge in [0.2, 0.25) is 5.91 Å². The summed E-state index contributed by atoms with van der Waals surface area (Å²) in [6.45, 7) is -0.886. The second-order valence-electron chi connectivity index (χ2n) is 11.2. The van der Waals surface area contributed by atoms with E-state index in [-0.39, 0.29) is 56.8 Å². The Morgan fingerprint density at radius 2 is 1.75 bits per heavy atom. The van der Waals surface area contributed by atoms with E-state index >= 15 is 0 Å². The fraction of sp³-hybridized carbons (Fsp3) is 0.455. The number of rotatable bonds is 18. The maximum atomic E-state index is 12.9. The first-order valence-electron chi connectivity index (χ1n) is 15.3. The van der Waals surface area contributed by atoms with E-state index in [1.807, 2.05) is 12.2 Å². The summed E-state index contributed by atoms with van der Waals surface area (Å²) in [5.74, 6) is -1.83. The molecule has 2 aromatic carbocycles. The number of amides is 1. The van der Waals surface area contributed by atoms with Gasteiger partial charge in [0, 0.05) is 18.8 Å². The van der Waals surface area contributed by atoms with Crippen LogP contribution in [0.5, 0.6) is 5.75 Å². The third-order valence-electron chi connectivity index (χ3n) is 7.68. The lowest BCUT2D eigenvalue weighted by Crippen LogP contribution is -2.30. The highest BCUT2D eigenvalue weighted by Crippen LogP contribution is 2.36. The Morgan fingerprint density at radius 1 is 1.02 bits per heavy atom. The molecule has 0 radical (unpaired) electrons. The van der Waals surface area contributed by atoms with Gasteiger partial charge in [-0.15, -0.1) is 0 Å². The smallest absolute Gasteiger partial charge is 0.416 e. The SMILES string of the molecule is O=C(CCC/C=C\C[C@@H]1[C@@H](/C=C/[C@@H](O)COc2cccc(C(F)(F)F)c2)[C@H](O)C[C@@H]1O)NCC(=O)OCc1ccccc1CON(O)O. The van der Waals surface area contributed by atoms with Gasteiger partial charge in [0.15, 0.2) is 0 Å². The number of aliphatic hydroxyl groups is 3. The van der Waals surface area contributed by atoms with Gasteiger partial charge in [-0.2, -0.15) is 13.2 Å². The zero-order chi connectivity index (χ0) is 35.1. The Hall–Kier alpha value is -3.83. The number of aliphatic hydroxyl groups excluding tert-OH is 3. The molecule has 6 N–H and O–H groups in total. The summed E-state index contributed by atoms with van der Waals surface area (Å²) < 4.78 is 49.2. The molecule has 1 aliphatic carbocycles. The molecule has 1 saturated carbocycles. The van der Waals surface area contributed by atoms with Gasteiger partial charge in [0.1, 0.15) is 31.6 Å². The van der Waals surface area contributed by atoms with Crippen molar-refractivity contribution in [2.75, 3.05) is 13.2 Å². The number of allylic oxidation sites excluding steroid dienone is 2. The first-order chi connectivity index (χ1) is 22.8. The maximum absolute atomic E-state index is 12.9. The number of ether oxygens (including phenoxy) is 2. The predicted molar refractivity (Wildman–Crippen MR) is 163 cm³/mol. The van der Waals surface area contributed by atoms with E-state index in [0.717, 1.165) is 12.1 Å². The van der Waals surface area contributed by atoms with E-state index in [0.29, 0.717) is 30.4 Å².